The Morgan fingerprint density at radius 2 is 1.90 bits per heavy atom. The van der Waals surface area contributed by atoms with Crippen LogP contribution in [0, 0.1) is 12.3 Å². The molecule has 0 spiro atoms. The quantitative estimate of drug-likeness (QED) is 0.544. The summed E-state index contributed by atoms with van der Waals surface area (Å²) in [6.07, 6.45) is 9.95. The molecule has 152 valence electrons. The highest BCUT2D eigenvalue weighted by molar-refractivity contribution is 6.06. The molecule has 0 saturated heterocycles. The van der Waals surface area contributed by atoms with Gasteiger partial charge in [0.1, 0.15) is 11.5 Å². The number of rotatable bonds is 5. The molecule has 29 heavy (non-hydrogen) atoms. The normalized spacial score (nSPS) is 17.1. The number of furan rings is 1. The average molecular weight is 390 g/mol. The maximum absolute atomic E-state index is 12.7. The molecule has 1 aliphatic carbocycles. The summed E-state index contributed by atoms with van der Waals surface area (Å²) in [4.78, 5) is 12.7. The van der Waals surface area contributed by atoms with Gasteiger partial charge in [-0.2, -0.15) is 0 Å². The van der Waals surface area contributed by atoms with Gasteiger partial charge in [-0.25, -0.2) is 0 Å². The minimum atomic E-state index is -0.164. The first-order chi connectivity index (χ1) is 13.8. The van der Waals surface area contributed by atoms with Crippen LogP contribution in [-0.4, -0.2) is 5.91 Å². The van der Waals surface area contributed by atoms with Crippen molar-refractivity contribution in [2.24, 2.45) is 5.41 Å². The van der Waals surface area contributed by atoms with Gasteiger partial charge >= 0.3 is 0 Å². The SMILES string of the molecule is CC(C=CC1=C(C)CCCC1(C)C)=Cc1oc(C)cc1C(=O)Nc1ccccc1. The second-order valence-corrected chi connectivity index (χ2v) is 8.61. The smallest absolute Gasteiger partial charge is 0.259 e. The van der Waals surface area contributed by atoms with Gasteiger partial charge in [0, 0.05) is 5.69 Å². The van der Waals surface area contributed by atoms with Crippen LogP contribution in [0.1, 0.15) is 68.8 Å². The predicted molar refractivity (Wildman–Crippen MR) is 121 cm³/mol. The number of carbonyl (C=O) groups is 1. The Labute approximate surface area is 174 Å². The van der Waals surface area contributed by atoms with Gasteiger partial charge in [0.25, 0.3) is 5.91 Å². The Bertz CT molecular complexity index is 971. The molecule has 2 aromatic rings. The van der Waals surface area contributed by atoms with Crippen molar-refractivity contribution in [2.45, 2.75) is 53.9 Å². The fraction of sp³-hybridized carbons (Fsp3) is 0.346. The van der Waals surface area contributed by atoms with Crippen LogP contribution < -0.4 is 5.32 Å². The molecule has 3 heteroatoms. The molecule has 1 aliphatic rings. The van der Waals surface area contributed by atoms with Gasteiger partial charge in [-0.3, -0.25) is 4.79 Å². The van der Waals surface area contributed by atoms with Crippen molar-refractivity contribution < 1.29 is 9.21 Å². The third kappa shape index (κ3) is 5.17. The molecular formula is C26H31NO2. The zero-order valence-corrected chi connectivity index (χ0v) is 18.1. The molecule has 1 aromatic heterocycles. The van der Waals surface area contributed by atoms with Crippen molar-refractivity contribution in [3.05, 3.63) is 82.4 Å². The van der Waals surface area contributed by atoms with Crippen molar-refractivity contribution in [3.63, 3.8) is 0 Å². The molecular weight excluding hydrogens is 358 g/mol. The number of anilines is 1. The van der Waals surface area contributed by atoms with Crippen molar-refractivity contribution >= 4 is 17.7 Å². The molecule has 1 amide bonds. The van der Waals surface area contributed by atoms with Gasteiger partial charge in [-0.15, -0.1) is 0 Å². The van der Waals surface area contributed by atoms with E-state index in [-0.39, 0.29) is 11.3 Å². The monoisotopic (exact) mass is 389 g/mol. The Kier molecular flexibility index (Phi) is 6.26. The van der Waals surface area contributed by atoms with Crippen molar-refractivity contribution in [3.8, 4) is 0 Å². The highest BCUT2D eigenvalue weighted by atomic mass is 16.3. The zero-order chi connectivity index (χ0) is 21.0. The summed E-state index contributed by atoms with van der Waals surface area (Å²) in [5.74, 6) is 1.15. The Morgan fingerprint density at radius 3 is 2.59 bits per heavy atom. The third-order valence-electron chi connectivity index (χ3n) is 5.57. The van der Waals surface area contributed by atoms with Gasteiger partial charge < -0.3 is 9.73 Å². The van der Waals surface area contributed by atoms with Crippen LogP contribution in [0.3, 0.4) is 0 Å². The summed E-state index contributed by atoms with van der Waals surface area (Å²) >= 11 is 0. The van der Waals surface area contributed by atoms with Gasteiger partial charge in [-0.05, 0) is 80.9 Å². The van der Waals surface area contributed by atoms with Gasteiger partial charge in [0.15, 0.2) is 0 Å². The third-order valence-corrected chi connectivity index (χ3v) is 5.57. The van der Waals surface area contributed by atoms with Crippen LogP contribution in [-0.2, 0) is 0 Å². The van der Waals surface area contributed by atoms with Crippen LogP contribution in [0.15, 0.2) is 69.7 Å². The van der Waals surface area contributed by atoms with E-state index in [4.69, 9.17) is 4.42 Å². The lowest BCUT2D eigenvalue weighted by molar-refractivity contribution is 0.102. The van der Waals surface area contributed by atoms with Gasteiger partial charge in [-0.1, -0.05) is 49.8 Å². The molecule has 3 nitrogen and oxygen atoms in total. The van der Waals surface area contributed by atoms with Crippen LogP contribution in [0.4, 0.5) is 5.69 Å². The molecule has 1 heterocycles. The summed E-state index contributed by atoms with van der Waals surface area (Å²) < 4.78 is 5.81. The highest BCUT2D eigenvalue weighted by Gasteiger charge is 2.26. The number of nitrogens with one attached hydrogen (secondary N) is 1. The van der Waals surface area contributed by atoms with Gasteiger partial charge in [0.2, 0.25) is 0 Å². The standard InChI is InChI=1S/C26H31NO2/c1-18(13-14-23-19(2)10-9-15-26(23,4)5)16-24-22(17-20(3)29-24)25(28)27-21-11-7-6-8-12-21/h6-8,11-14,16-17H,9-10,15H2,1-5H3,(H,27,28). The van der Waals surface area contributed by atoms with E-state index in [0.717, 1.165) is 17.0 Å². The first-order valence-corrected chi connectivity index (χ1v) is 10.3. The fourth-order valence-corrected chi connectivity index (χ4v) is 4.02. The number of aryl methyl sites for hydroxylation is 1. The van der Waals surface area contributed by atoms with E-state index in [1.807, 2.05) is 50.3 Å². The number of allylic oxidation sites excluding steroid dienone is 5. The van der Waals surface area contributed by atoms with Crippen LogP contribution in [0.5, 0.6) is 0 Å². The molecule has 0 atom stereocenters. The zero-order valence-electron chi connectivity index (χ0n) is 18.1. The first kappa shape index (κ1) is 20.9. The van der Waals surface area contributed by atoms with Crippen molar-refractivity contribution in [2.75, 3.05) is 5.32 Å². The molecule has 0 aliphatic heterocycles. The minimum Gasteiger partial charge on any atom is -0.461 e. The number of para-hydroxylation sites is 1. The average Bonchev–Trinajstić information content (AvgIpc) is 3.02. The summed E-state index contributed by atoms with van der Waals surface area (Å²) in [7, 11) is 0. The maximum Gasteiger partial charge on any atom is 0.259 e. The molecule has 0 unspecified atom stereocenters. The topological polar surface area (TPSA) is 42.2 Å². The summed E-state index contributed by atoms with van der Waals surface area (Å²) in [6.45, 7) is 10.8. The lowest BCUT2D eigenvalue weighted by atomic mass is 9.72. The number of benzene rings is 1. The second kappa shape index (κ2) is 8.69. The Morgan fingerprint density at radius 1 is 1.17 bits per heavy atom. The number of hydrogen-bond acceptors (Lipinski definition) is 2. The highest BCUT2D eigenvalue weighted by Crippen LogP contribution is 2.40. The minimum absolute atomic E-state index is 0.164. The Balaban J connectivity index is 1.82. The lowest BCUT2D eigenvalue weighted by Crippen LogP contribution is -2.19. The van der Waals surface area contributed by atoms with Crippen LogP contribution in [0.2, 0.25) is 0 Å². The molecule has 1 aromatic carbocycles. The Hall–Kier alpha value is -2.81. The molecule has 0 bridgehead atoms. The van der Waals surface area contributed by atoms with E-state index in [0.29, 0.717) is 11.3 Å². The van der Waals surface area contributed by atoms with E-state index in [1.54, 1.807) is 6.07 Å². The molecule has 0 saturated carbocycles. The summed E-state index contributed by atoms with van der Waals surface area (Å²) in [5.41, 5.74) is 5.48. The number of amides is 1. The van der Waals surface area contributed by atoms with Crippen molar-refractivity contribution in [1.82, 2.24) is 0 Å². The maximum atomic E-state index is 12.7. The van der Waals surface area contributed by atoms with Gasteiger partial charge in [0.05, 0.1) is 5.56 Å². The van der Waals surface area contributed by atoms with E-state index in [1.165, 1.54) is 30.4 Å². The first-order valence-electron chi connectivity index (χ1n) is 10.3. The molecule has 3 rings (SSSR count). The number of carbonyl (C=O) groups excluding carboxylic acids is 1. The van der Waals surface area contributed by atoms with E-state index in [2.05, 4.69) is 38.2 Å². The molecule has 1 N–H and O–H groups in total. The fourth-order valence-electron chi connectivity index (χ4n) is 4.02. The van der Waals surface area contributed by atoms with E-state index in [9.17, 15) is 4.79 Å². The number of hydrogen-bond donors (Lipinski definition) is 1. The summed E-state index contributed by atoms with van der Waals surface area (Å²) in [6, 6.07) is 11.3. The van der Waals surface area contributed by atoms with Crippen LogP contribution >= 0.6 is 0 Å². The predicted octanol–water partition coefficient (Wildman–Crippen LogP) is 7.33. The summed E-state index contributed by atoms with van der Waals surface area (Å²) in [5, 5.41) is 2.93. The van der Waals surface area contributed by atoms with E-state index < -0.39 is 0 Å². The lowest BCUT2D eigenvalue weighted by Gasteiger charge is -2.32. The van der Waals surface area contributed by atoms with Crippen LogP contribution in [0.25, 0.3) is 6.08 Å². The molecule has 0 radical (unpaired) electrons. The van der Waals surface area contributed by atoms with Crippen molar-refractivity contribution in [1.29, 1.82) is 0 Å². The second-order valence-electron chi connectivity index (χ2n) is 8.61. The molecule has 0 fully saturated rings. The largest absolute Gasteiger partial charge is 0.461 e. The van der Waals surface area contributed by atoms with E-state index >= 15 is 0 Å².